The number of sulfone groups is 1. The Labute approximate surface area is 94.9 Å². The van der Waals surface area contributed by atoms with Crippen LogP contribution >= 0.6 is 15.9 Å². The number of alkyl halides is 1. The molecule has 3 nitrogen and oxygen atoms in total. The average Bonchev–Trinajstić information content (AvgIpc) is 1.97. The van der Waals surface area contributed by atoms with Crippen molar-refractivity contribution in [2.45, 2.75) is 43.9 Å². The summed E-state index contributed by atoms with van der Waals surface area (Å²) in [6.45, 7) is 7.18. The first-order chi connectivity index (χ1) is 5.97. The lowest BCUT2D eigenvalue weighted by Crippen LogP contribution is -2.49. The van der Waals surface area contributed by atoms with Crippen LogP contribution in [0.25, 0.3) is 0 Å². The second-order valence-corrected chi connectivity index (χ2v) is 8.89. The van der Waals surface area contributed by atoms with Crippen LogP contribution in [0.1, 0.15) is 34.1 Å². The van der Waals surface area contributed by atoms with Crippen LogP contribution in [0, 0.1) is 5.41 Å². The summed E-state index contributed by atoms with van der Waals surface area (Å²) in [6.07, 6.45) is 0.541. The Hall–Kier alpha value is 0.390. The van der Waals surface area contributed by atoms with Crippen molar-refractivity contribution in [2.75, 3.05) is 6.26 Å². The molecule has 0 rings (SSSR count). The molecule has 0 bridgehead atoms. The van der Waals surface area contributed by atoms with E-state index in [1.165, 1.54) is 0 Å². The van der Waals surface area contributed by atoms with Gasteiger partial charge in [-0.25, -0.2) is 8.42 Å². The molecule has 0 heterocycles. The van der Waals surface area contributed by atoms with E-state index in [0.717, 1.165) is 6.26 Å². The van der Waals surface area contributed by atoms with Gasteiger partial charge in [0.15, 0.2) is 13.5 Å². The van der Waals surface area contributed by atoms with Gasteiger partial charge in [0.1, 0.15) is 0 Å². The van der Waals surface area contributed by atoms with Gasteiger partial charge in [-0.05, 0) is 11.8 Å². The van der Waals surface area contributed by atoms with Gasteiger partial charge in [-0.2, -0.15) is 0 Å². The molecule has 0 saturated heterocycles. The molecule has 86 valence electrons. The minimum absolute atomic E-state index is 0.338. The maximum atomic E-state index is 11.6. The third kappa shape index (κ3) is 2.70. The van der Waals surface area contributed by atoms with E-state index in [0.29, 0.717) is 6.42 Å². The largest absolute Gasteiger partial charge is 0.390 e. The molecule has 0 amide bonds. The third-order valence-electron chi connectivity index (χ3n) is 2.33. The molecule has 0 aliphatic rings. The van der Waals surface area contributed by atoms with Crippen molar-refractivity contribution in [3.8, 4) is 0 Å². The molecule has 1 N–H and O–H groups in total. The molecular formula is C9H19BrO3S. The van der Waals surface area contributed by atoms with Crippen molar-refractivity contribution >= 4 is 25.8 Å². The van der Waals surface area contributed by atoms with E-state index in [9.17, 15) is 13.5 Å². The quantitative estimate of drug-likeness (QED) is 0.807. The highest BCUT2D eigenvalue weighted by atomic mass is 79.9. The highest BCUT2D eigenvalue weighted by Crippen LogP contribution is 2.40. The first kappa shape index (κ1) is 14.4. The van der Waals surface area contributed by atoms with E-state index in [1.807, 2.05) is 20.8 Å². The van der Waals surface area contributed by atoms with Crippen molar-refractivity contribution in [1.29, 1.82) is 0 Å². The molecule has 0 aromatic heterocycles. The van der Waals surface area contributed by atoms with E-state index in [-0.39, 0.29) is 0 Å². The van der Waals surface area contributed by atoms with E-state index >= 15 is 0 Å². The van der Waals surface area contributed by atoms with E-state index < -0.39 is 25.0 Å². The highest BCUT2D eigenvalue weighted by molar-refractivity contribution is 9.11. The SMILES string of the molecule is CC[C@@](Br)([C@H](O)C(C)(C)C)S(C)(=O)=O. The second kappa shape index (κ2) is 4.10. The molecule has 0 aliphatic carbocycles. The Morgan fingerprint density at radius 2 is 1.71 bits per heavy atom. The molecule has 0 aromatic rings. The lowest BCUT2D eigenvalue weighted by atomic mass is 9.86. The number of rotatable bonds is 3. The van der Waals surface area contributed by atoms with Crippen LogP contribution in [-0.4, -0.2) is 29.5 Å². The highest BCUT2D eigenvalue weighted by Gasteiger charge is 2.48. The van der Waals surface area contributed by atoms with E-state index in [4.69, 9.17) is 0 Å². The summed E-state index contributed by atoms with van der Waals surface area (Å²) in [4.78, 5) is 0. The predicted octanol–water partition coefficient (Wildman–Crippen LogP) is 1.94. The van der Waals surface area contributed by atoms with Crippen LogP contribution < -0.4 is 0 Å². The Kier molecular flexibility index (Phi) is 4.21. The van der Waals surface area contributed by atoms with Gasteiger partial charge in [-0.1, -0.05) is 43.6 Å². The number of hydrogen-bond donors (Lipinski definition) is 1. The lowest BCUT2D eigenvalue weighted by molar-refractivity contribution is 0.0510. The molecule has 2 atom stereocenters. The van der Waals surface area contributed by atoms with Crippen molar-refractivity contribution in [3.63, 3.8) is 0 Å². The van der Waals surface area contributed by atoms with E-state index in [2.05, 4.69) is 15.9 Å². The van der Waals surface area contributed by atoms with Crippen molar-refractivity contribution in [3.05, 3.63) is 0 Å². The number of halogens is 1. The fraction of sp³-hybridized carbons (Fsp3) is 1.00. The maximum absolute atomic E-state index is 11.6. The average molecular weight is 287 g/mol. The van der Waals surface area contributed by atoms with Crippen molar-refractivity contribution in [1.82, 2.24) is 0 Å². The van der Waals surface area contributed by atoms with Gasteiger partial charge in [-0.3, -0.25) is 0 Å². The zero-order valence-corrected chi connectivity index (χ0v) is 11.7. The molecular weight excluding hydrogens is 268 g/mol. The normalized spacial score (nSPS) is 20.2. The lowest BCUT2D eigenvalue weighted by Gasteiger charge is -2.37. The molecule has 5 heteroatoms. The minimum atomic E-state index is -3.33. The Morgan fingerprint density at radius 1 is 1.36 bits per heavy atom. The van der Waals surface area contributed by atoms with Crippen LogP contribution in [-0.2, 0) is 9.84 Å². The summed E-state index contributed by atoms with van der Waals surface area (Å²) < 4.78 is 21.9. The molecule has 0 unspecified atom stereocenters. The zero-order chi connectivity index (χ0) is 11.8. The number of aliphatic hydroxyl groups excluding tert-OH is 1. The fourth-order valence-electron chi connectivity index (χ4n) is 1.30. The van der Waals surface area contributed by atoms with Crippen LogP contribution in [0.3, 0.4) is 0 Å². The molecule has 0 aliphatic heterocycles. The molecule has 0 fully saturated rings. The van der Waals surface area contributed by atoms with Crippen LogP contribution in [0.2, 0.25) is 0 Å². The maximum Gasteiger partial charge on any atom is 0.165 e. The Balaban J connectivity index is 5.29. The summed E-state index contributed by atoms with van der Waals surface area (Å²) in [5, 5.41) is 10.0. The molecule has 0 spiro atoms. The fourth-order valence-corrected chi connectivity index (χ4v) is 3.28. The van der Waals surface area contributed by atoms with E-state index in [1.54, 1.807) is 6.92 Å². The summed E-state index contributed by atoms with van der Waals surface area (Å²) in [5.74, 6) is 0. The molecule has 0 radical (unpaired) electrons. The number of aliphatic hydroxyl groups is 1. The molecule has 0 saturated carbocycles. The van der Waals surface area contributed by atoms with Gasteiger partial charge in [0.05, 0.1) is 6.10 Å². The zero-order valence-electron chi connectivity index (χ0n) is 9.33. The summed E-state index contributed by atoms with van der Waals surface area (Å²) in [5.41, 5.74) is -0.470. The van der Waals surface area contributed by atoms with Gasteiger partial charge >= 0.3 is 0 Å². The third-order valence-corrected chi connectivity index (χ3v) is 6.83. The van der Waals surface area contributed by atoms with Crippen LogP contribution in [0.4, 0.5) is 0 Å². The standard InChI is InChI=1S/C9H19BrO3S/c1-6-9(10,14(5,12)13)7(11)8(2,3)4/h7,11H,6H2,1-5H3/t7-,9+/m1/s1. The Bertz CT molecular complexity index is 292. The van der Waals surface area contributed by atoms with Gasteiger partial charge < -0.3 is 5.11 Å². The van der Waals surface area contributed by atoms with Gasteiger partial charge in [0, 0.05) is 6.26 Å². The van der Waals surface area contributed by atoms with Crippen LogP contribution in [0.5, 0.6) is 0 Å². The molecule has 0 aromatic carbocycles. The predicted molar refractivity (Wildman–Crippen MR) is 62.3 cm³/mol. The summed E-state index contributed by atoms with van der Waals surface area (Å²) in [6, 6.07) is 0. The van der Waals surface area contributed by atoms with Crippen molar-refractivity contribution < 1.29 is 13.5 Å². The smallest absolute Gasteiger partial charge is 0.165 e. The minimum Gasteiger partial charge on any atom is -0.390 e. The summed E-state index contributed by atoms with van der Waals surface area (Å²) >= 11 is 3.17. The van der Waals surface area contributed by atoms with Gasteiger partial charge in [-0.15, -0.1) is 0 Å². The van der Waals surface area contributed by atoms with Gasteiger partial charge in [0.2, 0.25) is 0 Å². The van der Waals surface area contributed by atoms with Crippen molar-refractivity contribution in [2.24, 2.45) is 5.41 Å². The Morgan fingerprint density at radius 3 is 1.79 bits per heavy atom. The number of hydrogen-bond acceptors (Lipinski definition) is 3. The topological polar surface area (TPSA) is 54.4 Å². The van der Waals surface area contributed by atoms with Crippen LogP contribution in [0.15, 0.2) is 0 Å². The van der Waals surface area contributed by atoms with Gasteiger partial charge in [0.25, 0.3) is 0 Å². The first-order valence-corrected chi connectivity index (χ1v) is 7.22. The monoisotopic (exact) mass is 286 g/mol. The molecule has 14 heavy (non-hydrogen) atoms. The second-order valence-electron chi connectivity index (χ2n) is 4.68. The summed E-state index contributed by atoms with van der Waals surface area (Å²) in [7, 11) is -3.33. The first-order valence-electron chi connectivity index (χ1n) is 4.53.